The van der Waals surface area contributed by atoms with E-state index in [-0.39, 0.29) is 0 Å². The second-order valence-corrected chi connectivity index (χ2v) is 3.59. The lowest BCUT2D eigenvalue weighted by Gasteiger charge is -2.09. The molecular formula is C12H13BrO3. The first-order chi connectivity index (χ1) is 7.72. The summed E-state index contributed by atoms with van der Waals surface area (Å²) in [6.07, 6.45) is 1.33. The van der Waals surface area contributed by atoms with Crippen LogP contribution in [0.3, 0.4) is 0 Å². The lowest BCUT2D eigenvalue weighted by Crippen LogP contribution is -2.00. The Bertz CT molecular complexity index is 399. The lowest BCUT2D eigenvalue weighted by molar-refractivity contribution is -0.134. The monoisotopic (exact) mass is 284 g/mol. The van der Waals surface area contributed by atoms with Crippen molar-refractivity contribution >= 4 is 27.7 Å². The Hall–Kier alpha value is -1.29. The Morgan fingerprint density at radius 3 is 2.56 bits per heavy atom. The van der Waals surface area contributed by atoms with Crippen LogP contribution in [0.5, 0.6) is 0 Å². The van der Waals surface area contributed by atoms with E-state index < -0.39 is 5.97 Å². The molecule has 0 N–H and O–H groups in total. The third-order valence-corrected chi connectivity index (χ3v) is 2.70. The average molecular weight is 285 g/mol. The number of hydrogen-bond donors (Lipinski definition) is 0. The van der Waals surface area contributed by atoms with Gasteiger partial charge in [-0.3, -0.25) is 0 Å². The molecule has 1 rings (SSSR count). The second kappa shape index (κ2) is 6.33. The molecule has 0 saturated heterocycles. The molecule has 0 aliphatic rings. The quantitative estimate of drug-likeness (QED) is 0.369. The number of esters is 1. The maximum absolute atomic E-state index is 11.2. The van der Waals surface area contributed by atoms with E-state index in [1.807, 2.05) is 24.3 Å². The molecule has 0 aromatic heterocycles. The summed E-state index contributed by atoms with van der Waals surface area (Å²) in [6.45, 7) is 0. The fraction of sp³-hybridized carbons (Fsp3) is 0.250. The van der Waals surface area contributed by atoms with Gasteiger partial charge in [0.05, 0.1) is 20.3 Å². The van der Waals surface area contributed by atoms with Crippen LogP contribution in [0.2, 0.25) is 0 Å². The van der Waals surface area contributed by atoms with E-state index in [0.717, 1.165) is 11.1 Å². The van der Waals surface area contributed by atoms with Gasteiger partial charge < -0.3 is 9.47 Å². The Labute approximate surface area is 103 Å². The van der Waals surface area contributed by atoms with Crippen LogP contribution in [-0.4, -0.2) is 20.2 Å². The number of benzene rings is 1. The first-order valence-electron chi connectivity index (χ1n) is 4.70. The highest BCUT2D eigenvalue weighted by molar-refractivity contribution is 9.08. The smallest absolute Gasteiger partial charge is 0.334 e. The largest absolute Gasteiger partial charge is 0.496 e. The number of carbonyl (C=O) groups excluding carboxylic acids is 1. The van der Waals surface area contributed by atoms with E-state index in [4.69, 9.17) is 4.74 Å². The van der Waals surface area contributed by atoms with Crippen molar-refractivity contribution < 1.29 is 14.3 Å². The number of hydrogen-bond acceptors (Lipinski definition) is 3. The number of ether oxygens (including phenoxy) is 2. The van der Waals surface area contributed by atoms with Gasteiger partial charge in [0.25, 0.3) is 0 Å². The van der Waals surface area contributed by atoms with Gasteiger partial charge in [-0.25, -0.2) is 4.79 Å². The third-order valence-electron chi connectivity index (χ3n) is 2.10. The van der Waals surface area contributed by atoms with Gasteiger partial charge in [-0.15, -0.1) is 0 Å². The molecular weight excluding hydrogens is 272 g/mol. The molecule has 1 aromatic rings. The third kappa shape index (κ3) is 3.10. The number of halogens is 1. The minimum Gasteiger partial charge on any atom is -0.496 e. The van der Waals surface area contributed by atoms with Crippen molar-refractivity contribution in [2.24, 2.45) is 0 Å². The zero-order valence-corrected chi connectivity index (χ0v) is 10.8. The lowest BCUT2D eigenvalue weighted by atomic mass is 10.1. The van der Waals surface area contributed by atoms with Crippen molar-refractivity contribution in [3.8, 4) is 0 Å². The van der Waals surface area contributed by atoms with E-state index in [2.05, 4.69) is 20.7 Å². The number of rotatable bonds is 4. The minimum atomic E-state index is -0.429. The maximum atomic E-state index is 11.2. The first-order valence-corrected chi connectivity index (χ1v) is 5.83. The Morgan fingerprint density at radius 1 is 1.31 bits per heavy atom. The van der Waals surface area contributed by atoms with E-state index in [0.29, 0.717) is 11.1 Å². The second-order valence-electron chi connectivity index (χ2n) is 3.03. The van der Waals surface area contributed by atoms with Gasteiger partial charge in [0.2, 0.25) is 0 Å². The fourth-order valence-electron chi connectivity index (χ4n) is 1.29. The molecule has 0 saturated carbocycles. The van der Waals surface area contributed by atoms with Gasteiger partial charge >= 0.3 is 5.97 Å². The van der Waals surface area contributed by atoms with Gasteiger partial charge in [-0.1, -0.05) is 40.2 Å². The summed E-state index contributed by atoms with van der Waals surface area (Å²) < 4.78 is 9.76. The molecule has 0 aliphatic heterocycles. The summed E-state index contributed by atoms with van der Waals surface area (Å²) in [7, 11) is 2.86. The predicted octanol–water partition coefficient (Wildman–Crippen LogP) is 2.74. The van der Waals surface area contributed by atoms with Crippen LogP contribution in [0.15, 0.2) is 30.3 Å². The molecule has 0 aliphatic carbocycles. The van der Waals surface area contributed by atoms with Crippen LogP contribution in [0.1, 0.15) is 11.1 Å². The zero-order chi connectivity index (χ0) is 12.0. The van der Waals surface area contributed by atoms with Crippen LogP contribution < -0.4 is 0 Å². The molecule has 0 heterocycles. The van der Waals surface area contributed by atoms with Crippen LogP contribution in [0.4, 0.5) is 0 Å². The summed E-state index contributed by atoms with van der Waals surface area (Å²) in [5.41, 5.74) is 1.94. The van der Waals surface area contributed by atoms with E-state index >= 15 is 0 Å². The van der Waals surface area contributed by atoms with E-state index in [1.54, 1.807) is 0 Å². The fourth-order valence-corrected chi connectivity index (χ4v) is 1.78. The van der Waals surface area contributed by atoms with Crippen LogP contribution in [-0.2, 0) is 19.6 Å². The minimum absolute atomic E-state index is 0.429. The molecule has 0 atom stereocenters. The van der Waals surface area contributed by atoms with Crippen molar-refractivity contribution in [3.05, 3.63) is 41.5 Å². The number of carbonyl (C=O) groups is 1. The van der Waals surface area contributed by atoms with Crippen molar-refractivity contribution in [3.63, 3.8) is 0 Å². The van der Waals surface area contributed by atoms with Gasteiger partial charge in [0.1, 0.15) is 5.76 Å². The van der Waals surface area contributed by atoms with Crippen LogP contribution in [0.25, 0.3) is 5.76 Å². The van der Waals surface area contributed by atoms with E-state index in [1.165, 1.54) is 20.3 Å². The number of methoxy groups -OCH3 is 2. The predicted molar refractivity (Wildman–Crippen MR) is 66.1 cm³/mol. The highest BCUT2D eigenvalue weighted by atomic mass is 79.9. The summed E-state index contributed by atoms with van der Waals surface area (Å²) in [5, 5.41) is 0.699. The molecule has 86 valence electrons. The molecule has 0 radical (unpaired) electrons. The zero-order valence-electron chi connectivity index (χ0n) is 9.20. The van der Waals surface area contributed by atoms with Gasteiger partial charge in [0.15, 0.2) is 0 Å². The summed E-state index contributed by atoms with van der Waals surface area (Å²) >= 11 is 3.39. The molecule has 0 bridgehead atoms. The number of alkyl halides is 1. The topological polar surface area (TPSA) is 35.5 Å². The Morgan fingerprint density at radius 2 is 2.00 bits per heavy atom. The van der Waals surface area contributed by atoms with Gasteiger partial charge in [-0.2, -0.15) is 0 Å². The molecule has 0 spiro atoms. The Balaban J connectivity index is 3.13. The molecule has 16 heavy (non-hydrogen) atoms. The molecule has 3 nitrogen and oxygen atoms in total. The standard InChI is InChI=1S/C12H13BrO3/c1-15-11(7-12(14)16-2)10-6-4-3-5-9(10)8-13/h3-7H,8H2,1-2H3. The van der Waals surface area contributed by atoms with Crippen LogP contribution in [0, 0.1) is 0 Å². The normalized spacial score (nSPS) is 11.1. The Kier molecular flexibility index (Phi) is 5.05. The maximum Gasteiger partial charge on any atom is 0.334 e. The van der Waals surface area contributed by atoms with Crippen molar-refractivity contribution in [2.75, 3.05) is 14.2 Å². The summed E-state index contributed by atoms with van der Waals surface area (Å²) in [5.74, 6) is 0.0723. The molecule has 0 fully saturated rings. The molecule has 0 amide bonds. The first kappa shape index (κ1) is 12.8. The molecule has 1 aromatic carbocycles. The van der Waals surface area contributed by atoms with Crippen molar-refractivity contribution in [1.29, 1.82) is 0 Å². The van der Waals surface area contributed by atoms with Gasteiger partial charge in [0, 0.05) is 10.9 Å². The molecule has 0 unspecified atom stereocenters. The summed E-state index contributed by atoms with van der Waals surface area (Å²) in [4.78, 5) is 11.2. The molecule has 4 heteroatoms. The summed E-state index contributed by atoms with van der Waals surface area (Å²) in [6, 6.07) is 7.69. The highest BCUT2D eigenvalue weighted by Gasteiger charge is 2.09. The van der Waals surface area contributed by atoms with Crippen LogP contribution >= 0.6 is 15.9 Å². The SMILES string of the molecule is COC(=O)C=C(OC)c1ccccc1CBr. The average Bonchev–Trinajstić information content (AvgIpc) is 2.35. The van der Waals surface area contributed by atoms with Crippen molar-refractivity contribution in [1.82, 2.24) is 0 Å². The van der Waals surface area contributed by atoms with E-state index in [9.17, 15) is 4.79 Å². The van der Waals surface area contributed by atoms with Crippen molar-refractivity contribution in [2.45, 2.75) is 5.33 Å². The highest BCUT2D eigenvalue weighted by Crippen LogP contribution is 2.21. The van der Waals surface area contributed by atoms with Gasteiger partial charge in [-0.05, 0) is 5.56 Å².